The number of nitrogens with one attached hydrogen (secondary N) is 1. The van der Waals surface area contributed by atoms with Gasteiger partial charge in [0, 0.05) is 0 Å². The van der Waals surface area contributed by atoms with Crippen LogP contribution in [0.5, 0.6) is 0 Å². The summed E-state index contributed by atoms with van der Waals surface area (Å²) >= 11 is 0. The molecule has 1 aromatic heterocycles. The van der Waals surface area contributed by atoms with E-state index >= 15 is 0 Å². The maximum atomic E-state index is 12.5. The van der Waals surface area contributed by atoms with Crippen molar-refractivity contribution in [3.8, 4) is 0 Å². The molecule has 0 bridgehead atoms. The van der Waals surface area contributed by atoms with Gasteiger partial charge in [0.25, 0.3) is 5.91 Å². The molecule has 1 aliphatic rings. The largest absolute Gasteiger partial charge is 0.466 e. The van der Waals surface area contributed by atoms with E-state index in [1.807, 2.05) is 18.2 Å². The molecule has 1 aromatic carbocycles. The third-order valence-electron chi connectivity index (χ3n) is 4.60. The lowest BCUT2D eigenvalue weighted by molar-refractivity contribution is -0.130. The maximum absolute atomic E-state index is 12.5. The Hall–Kier alpha value is -2.56. The summed E-state index contributed by atoms with van der Waals surface area (Å²) in [5, 5.41) is 3.01. The zero-order valence-electron chi connectivity index (χ0n) is 14.8. The van der Waals surface area contributed by atoms with E-state index in [9.17, 15) is 9.59 Å². The van der Waals surface area contributed by atoms with Crippen molar-refractivity contribution in [2.45, 2.75) is 52.2 Å². The highest BCUT2D eigenvalue weighted by molar-refractivity contribution is 5.93. The van der Waals surface area contributed by atoms with Gasteiger partial charge in [-0.15, -0.1) is 0 Å². The first-order valence-corrected chi connectivity index (χ1v) is 8.62. The minimum absolute atomic E-state index is 0.0310. The van der Waals surface area contributed by atoms with Crippen molar-refractivity contribution in [3.05, 3.63) is 58.5 Å². The van der Waals surface area contributed by atoms with Gasteiger partial charge in [-0.05, 0) is 57.2 Å². The van der Waals surface area contributed by atoms with Crippen molar-refractivity contribution in [1.82, 2.24) is 5.32 Å². The van der Waals surface area contributed by atoms with E-state index in [-0.39, 0.29) is 11.9 Å². The number of hydrogen-bond donors (Lipinski definition) is 1. The second kappa shape index (κ2) is 7.13. The summed E-state index contributed by atoms with van der Waals surface area (Å²) in [6.07, 6.45) is 2.09. The molecule has 3 rings (SSSR count). The van der Waals surface area contributed by atoms with Crippen LogP contribution in [-0.4, -0.2) is 18.0 Å². The van der Waals surface area contributed by atoms with Crippen LogP contribution in [0.1, 0.15) is 58.8 Å². The van der Waals surface area contributed by atoms with Gasteiger partial charge in [0.05, 0.1) is 6.04 Å². The molecule has 0 radical (unpaired) electrons. The van der Waals surface area contributed by atoms with Crippen LogP contribution in [0.4, 0.5) is 0 Å². The molecule has 2 aromatic rings. The first kappa shape index (κ1) is 17.3. The molecule has 0 unspecified atom stereocenters. The first-order chi connectivity index (χ1) is 12.0. The van der Waals surface area contributed by atoms with E-state index in [1.54, 1.807) is 26.8 Å². The number of aryl methyl sites for hydroxylation is 3. The van der Waals surface area contributed by atoms with Crippen molar-refractivity contribution < 1.29 is 18.7 Å². The van der Waals surface area contributed by atoms with Gasteiger partial charge in [-0.2, -0.15) is 0 Å². The van der Waals surface area contributed by atoms with Gasteiger partial charge in [-0.1, -0.05) is 24.3 Å². The molecule has 0 spiro atoms. The molecule has 25 heavy (non-hydrogen) atoms. The average molecular weight is 341 g/mol. The molecule has 0 saturated carbocycles. The molecule has 0 aliphatic heterocycles. The highest BCUT2D eigenvalue weighted by Crippen LogP contribution is 2.29. The fraction of sp³-hybridized carbons (Fsp3) is 0.400. The Morgan fingerprint density at radius 3 is 2.76 bits per heavy atom. The monoisotopic (exact) mass is 341 g/mol. The molecule has 1 aliphatic carbocycles. The van der Waals surface area contributed by atoms with E-state index in [1.165, 1.54) is 5.56 Å². The molecule has 1 N–H and O–H groups in total. The van der Waals surface area contributed by atoms with Gasteiger partial charge in [-0.25, -0.2) is 4.79 Å². The summed E-state index contributed by atoms with van der Waals surface area (Å²) in [7, 11) is 0. The standard InChI is InChI=1S/C20H23NO4/c1-12-11-17(13(2)24-12)20(23)25-14(3)19(22)21-18-10-6-8-15-7-4-5-9-16(15)18/h4-5,7,9,11,14,18H,6,8,10H2,1-3H3,(H,21,22)/t14-,18-/m1/s1. The Labute approximate surface area is 147 Å². The van der Waals surface area contributed by atoms with Crippen molar-refractivity contribution >= 4 is 11.9 Å². The molecular formula is C20H23NO4. The Kier molecular flexibility index (Phi) is 4.93. The summed E-state index contributed by atoms with van der Waals surface area (Å²) in [6.45, 7) is 5.05. The van der Waals surface area contributed by atoms with E-state index < -0.39 is 12.1 Å². The van der Waals surface area contributed by atoms with Crippen LogP contribution in [0.2, 0.25) is 0 Å². The van der Waals surface area contributed by atoms with Gasteiger partial charge < -0.3 is 14.5 Å². The molecule has 1 amide bonds. The van der Waals surface area contributed by atoms with Crippen molar-refractivity contribution in [3.63, 3.8) is 0 Å². The number of furan rings is 1. The van der Waals surface area contributed by atoms with Crippen molar-refractivity contribution in [1.29, 1.82) is 0 Å². The van der Waals surface area contributed by atoms with Crippen LogP contribution in [0.15, 0.2) is 34.7 Å². The molecule has 5 nitrogen and oxygen atoms in total. The number of carbonyl (C=O) groups is 2. The fourth-order valence-electron chi connectivity index (χ4n) is 3.30. The predicted octanol–water partition coefficient (Wildman–Crippen LogP) is 3.64. The lowest BCUT2D eigenvalue weighted by atomic mass is 9.87. The Morgan fingerprint density at radius 2 is 2.04 bits per heavy atom. The topological polar surface area (TPSA) is 68.5 Å². The fourth-order valence-corrected chi connectivity index (χ4v) is 3.30. The molecule has 0 fully saturated rings. The van der Waals surface area contributed by atoms with Gasteiger partial charge in [0.15, 0.2) is 6.10 Å². The lowest BCUT2D eigenvalue weighted by Gasteiger charge is -2.27. The van der Waals surface area contributed by atoms with Gasteiger partial charge in [-0.3, -0.25) is 4.79 Å². The number of carbonyl (C=O) groups excluding carboxylic acids is 2. The first-order valence-electron chi connectivity index (χ1n) is 8.62. The van der Waals surface area contributed by atoms with Gasteiger partial charge in [0.1, 0.15) is 17.1 Å². The zero-order valence-corrected chi connectivity index (χ0v) is 14.8. The van der Waals surface area contributed by atoms with E-state index in [0.717, 1.165) is 24.8 Å². The summed E-state index contributed by atoms with van der Waals surface area (Å²) in [5.74, 6) is 0.311. The summed E-state index contributed by atoms with van der Waals surface area (Å²) < 4.78 is 10.6. The predicted molar refractivity (Wildman–Crippen MR) is 93.3 cm³/mol. The third-order valence-corrected chi connectivity index (χ3v) is 4.60. The number of esters is 1. The Morgan fingerprint density at radius 1 is 1.28 bits per heavy atom. The van der Waals surface area contributed by atoms with Crippen LogP contribution in [0, 0.1) is 13.8 Å². The van der Waals surface area contributed by atoms with Gasteiger partial charge in [0.2, 0.25) is 0 Å². The van der Waals surface area contributed by atoms with Crippen LogP contribution in [0.3, 0.4) is 0 Å². The number of amides is 1. The van der Waals surface area contributed by atoms with Crippen molar-refractivity contribution in [2.75, 3.05) is 0 Å². The number of benzene rings is 1. The number of rotatable bonds is 4. The molecule has 1 heterocycles. The summed E-state index contributed by atoms with van der Waals surface area (Å²) in [6, 6.07) is 9.74. The SMILES string of the molecule is Cc1cc(C(=O)O[C@H](C)C(=O)N[C@@H]2CCCc3ccccc32)c(C)o1. The minimum atomic E-state index is -0.865. The minimum Gasteiger partial charge on any atom is -0.466 e. The second-order valence-corrected chi connectivity index (χ2v) is 6.53. The maximum Gasteiger partial charge on any atom is 0.342 e. The van der Waals surface area contributed by atoms with E-state index in [2.05, 4.69) is 11.4 Å². The third kappa shape index (κ3) is 3.76. The molecule has 5 heteroatoms. The summed E-state index contributed by atoms with van der Waals surface area (Å²) in [4.78, 5) is 24.7. The molecule has 0 saturated heterocycles. The van der Waals surface area contributed by atoms with Crippen molar-refractivity contribution in [2.24, 2.45) is 0 Å². The zero-order chi connectivity index (χ0) is 18.0. The highest BCUT2D eigenvalue weighted by atomic mass is 16.5. The normalized spacial score (nSPS) is 17.5. The van der Waals surface area contributed by atoms with Gasteiger partial charge >= 0.3 is 5.97 Å². The molecule has 132 valence electrons. The molecule has 2 atom stereocenters. The highest BCUT2D eigenvalue weighted by Gasteiger charge is 2.26. The Bertz CT molecular complexity index is 793. The smallest absolute Gasteiger partial charge is 0.342 e. The lowest BCUT2D eigenvalue weighted by Crippen LogP contribution is -2.39. The number of ether oxygens (including phenoxy) is 1. The second-order valence-electron chi connectivity index (χ2n) is 6.53. The van der Waals surface area contributed by atoms with E-state index in [0.29, 0.717) is 17.1 Å². The van der Waals surface area contributed by atoms with Crippen LogP contribution >= 0.6 is 0 Å². The number of fused-ring (bicyclic) bond motifs is 1. The average Bonchev–Trinajstić information content (AvgIpc) is 2.93. The number of hydrogen-bond acceptors (Lipinski definition) is 4. The quantitative estimate of drug-likeness (QED) is 0.862. The van der Waals surface area contributed by atoms with Crippen LogP contribution < -0.4 is 5.32 Å². The Balaban J connectivity index is 1.64. The van der Waals surface area contributed by atoms with Crippen LogP contribution in [0.25, 0.3) is 0 Å². The van der Waals surface area contributed by atoms with E-state index in [4.69, 9.17) is 9.15 Å². The van der Waals surface area contributed by atoms with Crippen LogP contribution in [-0.2, 0) is 16.0 Å². The molecular weight excluding hydrogens is 318 g/mol. The summed E-state index contributed by atoms with van der Waals surface area (Å²) in [5.41, 5.74) is 2.79.